The van der Waals surface area contributed by atoms with Crippen molar-refractivity contribution >= 4 is 41.3 Å². The molecule has 0 aliphatic rings. The van der Waals surface area contributed by atoms with Gasteiger partial charge in [0, 0.05) is 25.1 Å². The van der Waals surface area contributed by atoms with Crippen LogP contribution in [0.3, 0.4) is 0 Å². The number of aliphatic imine (C=N–C) groups is 1. The first-order chi connectivity index (χ1) is 11.2. The number of nitrogens with one attached hydrogen (secondary N) is 2. The number of rotatable bonds is 7. The lowest BCUT2D eigenvalue weighted by Crippen LogP contribution is -2.39. The minimum absolute atomic E-state index is 0. The Morgan fingerprint density at radius 3 is 2.58 bits per heavy atom. The zero-order valence-electron chi connectivity index (χ0n) is 13.8. The van der Waals surface area contributed by atoms with Crippen LogP contribution < -0.4 is 10.6 Å². The van der Waals surface area contributed by atoms with E-state index in [0.29, 0.717) is 13.1 Å². The average molecular weight is 463 g/mol. The summed E-state index contributed by atoms with van der Waals surface area (Å²) in [6.45, 7) is 4.00. The molecule has 0 radical (unpaired) electrons. The minimum Gasteiger partial charge on any atom is -0.375 e. The summed E-state index contributed by atoms with van der Waals surface area (Å²) in [5.41, 5.74) is 0.926. The van der Waals surface area contributed by atoms with E-state index in [9.17, 15) is 4.39 Å². The molecule has 2 N–H and O–H groups in total. The van der Waals surface area contributed by atoms with Crippen LogP contribution in [0.15, 0.2) is 46.8 Å². The molecule has 1 unspecified atom stereocenters. The number of benzene rings is 1. The number of halogens is 2. The molecule has 0 aliphatic carbocycles. The highest BCUT2D eigenvalue weighted by atomic mass is 127. The summed E-state index contributed by atoms with van der Waals surface area (Å²) in [6, 6.07) is 10.4. The van der Waals surface area contributed by atoms with Crippen LogP contribution in [-0.4, -0.2) is 26.2 Å². The van der Waals surface area contributed by atoms with Gasteiger partial charge in [-0.25, -0.2) is 9.38 Å². The van der Waals surface area contributed by atoms with Gasteiger partial charge in [-0.15, -0.1) is 35.3 Å². The lowest BCUT2D eigenvalue weighted by atomic mass is 10.1. The fourth-order valence-electron chi connectivity index (χ4n) is 2.11. The molecule has 0 amide bonds. The third-order valence-electron chi connectivity index (χ3n) is 3.30. The second-order valence-electron chi connectivity index (χ2n) is 4.93. The van der Waals surface area contributed by atoms with Crippen molar-refractivity contribution in [2.45, 2.75) is 19.6 Å². The van der Waals surface area contributed by atoms with Crippen molar-refractivity contribution in [3.63, 3.8) is 0 Å². The number of thiophene rings is 1. The van der Waals surface area contributed by atoms with Crippen molar-refractivity contribution in [2.24, 2.45) is 4.99 Å². The Hall–Kier alpha value is -1.19. The smallest absolute Gasteiger partial charge is 0.191 e. The molecule has 24 heavy (non-hydrogen) atoms. The molecule has 1 heterocycles. The van der Waals surface area contributed by atoms with Crippen LogP contribution in [0, 0.1) is 5.82 Å². The summed E-state index contributed by atoms with van der Waals surface area (Å²) in [5.74, 6) is 0.493. The van der Waals surface area contributed by atoms with Gasteiger partial charge in [-0.2, -0.15) is 0 Å². The van der Waals surface area contributed by atoms with Crippen LogP contribution in [0.1, 0.15) is 23.5 Å². The summed E-state index contributed by atoms with van der Waals surface area (Å²) >= 11 is 1.69. The predicted molar refractivity (Wildman–Crippen MR) is 109 cm³/mol. The largest absolute Gasteiger partial charge is 0.375 e. The highest BCUT2D eigenvalue weighted by molar-refractivity contribution is 14.0. The molecule has 132 valence electrons. The molecule has 0 spiro atoms. The van der Waals surface area contributed by atoms with Gasteiger partial charge in [0.2, 0.25) is 0 Å². The van der Waals surface area contributed by atoms with Gasteiger partial charge in [-0.05, 0) is 36.1 Å². The number of methoxy groups -OCH3 is 1. The third-order valence-corrected chi connectivity index (χ3v) is 4.16. The number of ether oxygens (including phenoxy) is 1. The normalized spacial score (nSPS) is 12.4. The van der Waals surface area contributed by atoms with E-state index in [0.717, 1.165) is 18.1 Å². The Labute approximate surface area is 163 Å². The van der Waals surface area contributed by atoms with E-state index in [4.69, 9.17) is 4.74 Å². The summed E-state index contributed by atoms with van der Waals surface area (Å²) in [4.78, 5) is 5.77. The van der Waals surface area contributed by atoms with Gasteiger partial charge in [0.25, 0.3) is 0 Å². The molecule has 2 rings (SSSR count). The molecule has 4 nitrogen and oxygen atoms in total. The Balaban J connectivity index is 0.00000288. The van der Waals surface area contributed by atoms with Crippen LogP contribution in [0.25, 0.3) is 0 Å². The lowest BCUT2D eigenvalue weighted by molar-refractivity contribution is 0.106. The molecule has 0 fully saturated rings. The SMILES string of the molecule is CCNC(=NCc1cccs1)NCC(OC)c1ccc(F)cc1.I. The van der Waals surface area contributed by atoms with Crippen LogP contribution in [0.5, 0.6) is 0 Å². The topological polar surface area (TPSA) is 45.7 Å². The zero-order valence-corrected chi connectivity index (χ0v) is 16.9. The van der Waals surface area contributed by atoms with Crippen LogP contribution in [-0.2, 0) is 11.3 Å². The van der Waals surface area contributed by atoms with E-state index in [1.807, 2.05) is 18.4 Å². The molecule has 2 aromatic rings. The van der Waals surface area contributed by atoms with E-state index < -0.39 is 0 Å². The number of hydrogen-bond acceptors (Lipinski definition) is 3. The average Bonchev–Trinajstić information content (AvgIpc) is 3.08. The highest BCUT2D eigenvalue weighted by Gasteiger charge is 2.11. The Morgan fingerprint density at radius 2 is 2.00 bits per heavy atom. The van der Waals surface area contributed by atoms with Gasteiger partial charge in [-0.3, -0.25) is 0 Å². The second-order valence-corrected chi connectivity index (χ2v) is 5.96. The maximum atomic E-state index is 13.0. The monoisotopic (exact) mass is 463 g/mol. The van der Waals surface area contributed by atoms with Gasteiger partial charge < -0.3 is 15.4 Å². The third kappa shape index (κ3) is 6.74. The number of guanidine groups is 1. The van der Waals surface area contributed by atoms with Gasteiger partial charge in [-0.1, -0.05) is 18.2 Å². The van der Waals surface area contributed by atoms with Crippen molar-refractivity contribution in [2.75, 3.05) is 20.2 Å². The van der Waals surface area contributed by atoms with Gasteiger partial charge >= 0.3 is 0 Å². The molecule has 1 aromatic carbocycles. The fourth-order valence-corrected chi connectivity index (χ4v) is 2.73. The summed E-state index contributed by atoms with van der Waals surface area (Å²) in [6.07, 6.45) is -0.166. The van der Waals surface area contributed by atoms with Crippen molar-refractivity contribution in [1.29, 1.82) is 0 Å². The molecule has 0 aliphatic heterocycles. The first-order valence-electron chi connectivity index (χ1n) is 7.55. The van der Waals surface area contributed by atoms with E-state index in [-0.39, 0.29) is 35.9 Å². The van der Waals surface area contributed by atoms with E-state index in [2.05, 4.69) is 21.7 Å². The van der Waals surface area contributed by atoms with Crippen molar-refractivity contribution < 1.29 is 9.13 Å². The van der Waals surface area contributed by atoms with E-state index >= 15 is 0 Å². The zero-order chi connectivity index (χ0) is 16.5. The standard InChI is InChI=1S/C17H22FN3OS.HI/c1-3-19-17(20-11-15-5-4-10-23-15)21-12-16(22-2)13-6-8-14(18)9-7-13;/h4-10,16H,3,11-12H2,1-2H3,(H2,19,20,21);1H. The van der Waals surface area contributed by atoms with Crippen molar-refractivity contribution in [1.82, 2.24) is 10.6 Å². The summed E-state index contributed by atoms with van der Waals surface area (Å²) < 4.78 is 18.5. The summed E-state index contributed by atoms with van der Waals surface area (Å²) in [7, 11) is 1.64. The fraction of sp³-hybridized carbons (Fsp3) is 0.353. The van der Waals surface area contributed by atoms with Crippen molar-refractivity contribution in [3.8, 4) is 0 Å². The molecular formula is C17H23FIN3OS. The first kappa shape index (κ1) is 20.9. The molecule has 0 bridgehead atoms. The first-order valence-corrected chi connectivity index (χ1v) is 8.43. The van der Waals surface area contributed by atoms with Gasteiger partial charge in [0.15, 0.2) is 5.96 Å². The Bertz CT molecular complexity index is 605. The molecule has 1 aromatic heterocycles. The number of nitrogens with zero attached hydrogens (tertiary/aromatic N) is 1. The Morgan fingerprint density at radius 1 is 1.25 bits per heavy atom. The van der Waals surface area contributed by atoms with E-state index in [1.165, 1.54) is 17.0 Å². The van der Waals surface area contributed by atoms with Crippen molar-refractivity contribution in [3.05, 3.63) is 58.0 Å². The maximum absolute atomic E-state index is 13.0. The highest BCUT2D eigenvalue weighted by Crippen LogP contribution is 2.16. The maximum Gasteiger partial charge on any atom is 0.191 e. The molecule has 0 saturated heterocycles. The summed E-state index contributed by atoms with van der Waals surface area (Å²) in [5, 5.41) is 8.53. The van der Waals surface area contributed by atoms with Gasteiger partial charge in [0.05, 0.1) is 12.6 Å². The lowest BCUT2D eigenvalue weighted by Gasteiger charge is -2.18. The molecular weight excluding hydrogens is 440 g/mol. The van der Waals surface area contributed by atoms with E-state index in [1.54, 1.807) is 30.6 Å². The minimum atomic E-state index is -0.248. The van der Waals surface area contributed by atoms with Crippen LogP contribution >= 0.6 is 35.3 Å². The van der Waals surface area contributed by atoms with Crippen LogP contribution in [0.4, 0.5) is 4.39 Å². The Kier molecular flexibility index (Phi) is 9.89. The molecule has 7 heteroatoms. The quantitative estimate of drug-likeness (QED) is 0.372. The molecule has 0 saturated carbocycles. The van der Waals surface area contributed by atoms with Crippen LogP contribution in [0.2, 0.25) is 0 Å². The molecule has 1 atom stereocenters. The predicted octanol–water partition coefficient (Wildman–Crippen LogP) is 3.95. The number of hydrogen-bond donors (Lipinski definition) is 2. The van der Waals surface area contributed by atoms with Gasteiger partial charge in [0.1, 0.15) is 5.82 Å². The second kappa shape index (κ2) is 11.4.